The van der Waals surface area contributed by atoms with Crippen molar-refractivity contribution in [2.75, 3.05) is 67.5 Å². The highest BCUT2D eigenvalue weighted by molar-refractivity contribution is 6.09. The van der Waals surface area contributed by atoms with Gasteiger partial charge in [0.05, 0.1) is 28.9 Å². The van der Waals surface area contributed by atoms with Gasteiger partial charge >= 0.3 is 0 Å². The number of imide groups is 1. The van der Waals surface area contributed by atoms with Gasteiger partial charge in [-0.15, -0.1) is 0 Å². The van der Waals surface area contributed by atoms with Gasteiger partial charge in [0.1, 0.15) is 11.3 Å². The third-order valence-electron chi connectivity index (χ3n) is 18.8. The number of amides is 5. The first-order valence-corrected chi connectivity index (χ1v) is 27.7. The maximum atomic E-state index is 15.3. The number of anilines is 3. The summed E-state index contributed by atoms with van der Waals surface area (Å²) < 4.78 is 2.20. The zero-order valence-electron chi connectivity index (χ0n) is 43.3. The Morgan fingerprint density at radius 3 is 2.05 bits per heavy atom. The molecule has 7 fully saturated rings. The van der Waals surface area contributed by atoms with Crippen LogP contribution < -0.4 is 20.4 Å². The lowest BCUT2D eigenvalue weighted by Gasteiger charge is -2.48. The van der Waals surface area contributed by atoms with Crippen LogP contribution in [0, 0.1) is 10.8 Å². The van der Waals surface area contributed by atoms with Crippen LogP contribution >= 0.6 is 0 Å². The molecule has 6 aliphatic heterocycles. The average Bonchev–Trinajstić information content (AvgIpc) is 4.06. The van der Waals surface area contributed by atoms with E-state index in [4.69, 9.17) is 15.0 Å². The van der Waals surface area contributed by atoms with Crippen molar-refractivity contribution in [1.29, 1.82) is 0 Å². The van der Waals surface area contributed by atoms with Gasteiger partial charge < -0.3 is 34.4 Å². The van der Waals surface area contributed by atoms with Crippen molar-refractivity contribution in [1.82, 2.24) is 39.5 Å². The fourth-order valence-corrected chi connectivity index (χ4v) is 13.6. The van der Waals surface area contributed by atoms with Gasteiger partial charge in [0.15, 0.2) is 5.82 Å². The van der Waals surface area contributed by atoms with Gasteiger partial charge in [-0.3, -0.25) is 29.3 Å². The van der Waals surface area contributed by atoms with Gasteiger partial charge in [-0.1, -0.05) is 38.5 Å². The van der Waals surface area contributed by atoms with Crippen molar-refractivity contribution in [2.24, 2.45) is 10.8 Å². The van der Waals surface area contributed by atoms with Crippen molar-refractivity contribution in [3.8, 4) is 11.3 Å². The smallest absolute Gasteiger partial charge is 0.238 e. The highest BCUT2D eigenvalue weighted by atomic mass is 16.2. The van der Waals surface area contributed by atoms with Crippen molar-refractivity contribution in [3.63, 3.8) is 0 Å². The molecular weight excluding hydrogens is 919 g/mol. The van der Waals surface area contributed by atoms with E-state index in [1.165, 1.54) is 19.3 Å². The maximum absolute atomic E-state index is 15.3. The minimum absolute atomic E-state index is 0.140. The Balaban J connectivity index is 0.712. The number of imidazole rings is 1. The molecule has 16 nitrogen and oxygen atoms in total. The Hall–Kier alpha value is -5.90. The Bertz CT molecular complexity index is 2820. The molecule has 386 valence electrons. The minimum Gasteiger partial charge on any atom is -0.366 e. The van der Waals surface area contributed by atoms with Gasteiger partial charge in [-0.25, -0.2) is 15.0 Å². The second-order valence-corrected chi connectivity index (χ2v) is 23.9. The first-order chi connectivity index (χ1) is 35.2. The van der Waals surface area contributed by atoms with Crippen LogP contribution in [0.15, 0.2) is 48.9 Å². The van der Waals surface area contributed by atoms with Crippen LogP contribution in [0.25, 0.3) is 22.3 Å². The second-order valence-electron chi connectivity index (χ2n) is 23.9. The number of benzene rings is 1. The Labute approximate surface area is 429 Å². The van der Waals surface area contributed by atoms with E-state index in [-0.39, 0.29) is 47.5 Å². The lowest BCUT2D eigenvalue weighted by atomic mass is 9.72. The summed E-state index contributed by atoms with van der Waals surface area (Å²) in [5.41, 5.74) is 4.91. The van der Waals surface area contributed by atoms with E-state index in [0.29, 0.717) is 103 Å². The van der Waals surface area contributed by atoms with Crippen LogP contribution in [0.4, 0.5) is 17.3 Å². The number of piperidine rings is 5. The number of carbonyl (C=O) groups is 5. The third-order valence-corrected chi connectivity index (χ3v) is 18.8. The van der Waals surface area contributed by atoms with Crippen molar-refractivity contribution in [3.05, 3.63) is 60.0 Å². The molecule has 3 aromatic heterocycles. The summed E-state index contributed by atoms with van der Waals surface area (Å²) in [6.45, 7) is 14.3. The highest BCUT2D eigenvalue weighted by Gasteiger charge is 2.57. The van der Waals surface area contributed by atoms with Gasteiger partial charge in [-0.05, 0) is 140 Å². The number of carbonyl (C=O) groups excluding carboxylic acids is 5. The number of fused-ring (bicyclic) bond motifs is 3. The summed E-state index contributed by atoms with van der Waals surface area (Å²) in [5, 5.41) is 6.14. The summed E-state index contributed by atoms with van der Waals surface area (Å²) in [6.07, 6.45) is 16.3. The fraction of sp³-hybridized carbons (Fsp3) is 0.614. The predicted octanol–water partition coefficient (Wildman–Crippen LogP) is 7.33. The lowest BCUT2D eigenvalue weighted by Crippen LogP contribution is -2.59. The summed E-state index contributed by atoms with van der Waals surface area (Å²) in [5.74, 6) is 1.32. The largest absolute Gasteiger partial charge is 0.366 e. The second kappa shape index (κ2) is 18.5. The molecule has 5 amide bonds. The Morgan fingerprint density at radius 2 is 1.42 bits per heavy atom. The number of nitrogens with zero attached hydrogens (tertiary/aromatic N) is 9. The number of pyridine rings is 2. The fourth-order valence-electron chi connectivity index (χ4n) is 13.6. The van der Waals surface area contributed by atoms with Crippen LogP contribution in [0.3, 0.4) is 0 Å². The molecule has 1 unspecified atom stereocenters. The topological polar surface area (TPSA) is 169 Å². The number of nitrogens with one attached hydrogen (secondary N) is 2. The molecule has 0 radical (unpaired) electrons. The summed E-state index contributed by atoms with van der Waals surface area (Å²) in [7, 11) is 0. The van der Waals surface area contributed by atoms with Crippen molar-refractivity contribution in [2.45, 2.75) is 160 Å². The monoisotopic (exact) mass is 992 g/mol. The van der Waals surface area contributed by atoms with Crippen LogP contribution in [0.2, 0.25) is 0 Å². The molecule has 2 saturated carbocycles. The molecule has 1 aromatic carbocycles. The number of hydrogen-bond acceptors (Lipinski definition) is 11. The maximum Gasteiger partial charge on any atom is 0.238 e. The first-order valence-electron chi connectivity index (χ1n) is 27.7. The lowest BCUT2D eigenvalue weighted by molar-refractivity contribution is -0.152. The molecule has 16 heteroatoms. The zero-order chi connectivity index (χ0) is 50.4. The summed E-state index contributed by atoms with van der Waals surface area (Å²) in [4.78, 5) is 94.2. The minimum atomic E-state index is -0.690. The molecule has 8 aliphatic rings. The molecular formula is C57H73N11O5. The van der Waals surface area contributed by atoms with Gasteiger partial charge in [0, 0.05) is 98.1 Å². The highest BCUT2D eigenvalue weighted by Crippen LogP contribution is 2.53. The molecule has 1 atom stereocenters. The molecule has 9 heterocycles. The molecule has 5 saturated heterocycles. The van der Waals surface area contributed by atoms with Crippen molar-refractivity contribution >= 4 is 57.9 Å². The Morgan fingerprint density at radius 1 is 0.753 bits per heavy atom. The SMILES string of the molecule is CC(C)n1cnc2cc(-c3ccc4c(c3)N(C3CC(N5CCCCC5)C3)C(=O)C43CCN(C(=O)C4(C)CCN(C(=O)C5(C)CCN(c6ccc(C7CCC(=O)NC7=O)cn6)CC5)CC4)CC3)nc(NC3CC3)c21. The molecule has 2 aliphatic carbocycles. The van der Waals surface area contributed by atoms with Gasteiger partial charge in [-0.2, -0.15) is 0 Å². The zero-order valence-corrected chi connectivity index (χ0v) is 43.3. The predicted molar refractivity (Wildman–Crippen MR) is 280 cm³/mol. The van der Waals surface area contributed by atoms with E-state index >= 15 is 4.79 Å². The molecule has 4 aromatic rings. The van der Waals surface area contributed by atoms with Crippen LogP contribution in [-0.2, 0) is 29.4 Å². The van der Waals surface area contributed by atoms with E-state index in [1.54, 1.807) is 6.20 Å². The van der Waals surface area contributed by atoms with Crippen LogP contribution in [0.5, 0.6) is 0 Å². The van der Waals surface area contributed by atoms with Gasteiger partial charge in [0.2, 0.25) is 29.5 Å². The summed E-state index contributed by atoms with van der Waals surface area (Å²) >= 11 is 0. The van der Waals surface area contributed by atoms with Crippen LogP contribution in [-0.4, -0.2) is 134 Å². The number of rotatable bonds is 10. The van der Waals surface area contributed by atoms with E-state index < -0.39 is 16.2 Å². The first kappa shape index (κ1) is 48.1. The molecule has 12 rings (SSSR count). The molecule has 73 heavy (non-hydrogen) atoms. The average molecular weight is 992 g/mol. The number of aromatic nitrogens is 4. The quantitative estimate of drug-likeness (QED) is 0.153. The van der Waals surface area contributed by atoms with Crippen molar-refractivity contribution < 1.29 is 24.0 Å². The third kappa shape index (κ3) is 8.56. The van der Waals surface area contributed by atoms with E-state index in [1.807, 2.05) is 28.3 Å². The standard InChI is InChI=1S/C57H73N11O5/c1-36(2)67-35-59-45-33-44(61-50(49(45)67)60-39-10-11-39)37-8-13-43-46(30-37)68(41-31-40(32-41)63-22-6-5-7-23-63)54(73)57(43)20-28-66(29-21-57)53(72)56(4)18-26-65(27-19-56)52(71)55(3)16-24-64(25-17-55)47-14-9-38(34-58-47)42-12-15-48(69)62-51(42)70/h8-9,13-14,30,33-36,39-42H,5-7,10-12,15-29,31-32H2,1-4H3,(H,60,61)(H,62,69,70). The van der Waals surface area contributed by atoms with Crippen LogP contribution in [0.1, 0.15) is 147 Å². The molecule has 2 N–H and O–H groups in total. The molecule has 0 bridgehead atoms. The van der Waals surface area contributed by atoms with E-state index in [0.717, 1.165) is 89.5 Å². The van der Waals surface area contributed by atoms with E-state index in [2.05, 4.69) is 81.9 Å². The Kier molecular flexibility index (Phi) is 12.2. The van der Waals surface area contributed by atoms with E-state index in [9.17, 15) is 19.2 Å². The normalized spacial score (nSPS) is 26.0. The van der Waals surface area contributed by atoms with Gasteiger partial charge in [0.25, 0.3) is 0 Å². The molecule has 1 spiro atoms. The number of hydrogen-bond donors (Lipinski definition) is 2. The summed E-state index contributed by atoms with van der Waals surface area (Å²) in [6, 6.07) is 13.9. The number of likely N-dealkylation sites (tertiary alicyclic amines) is 3.